The molecule has 0 saturated heterocycles. The Morgan fingerprint density at radius 1 is 1.28 bits per heavy atom. The Kier molecular flexibility index (Phi) is 2.67. The van der Waals surface area contributed by atoms with Crippen LogP contribution in [0.2, 0.25) is 0 Å². The van der Waals surface area contributed by atoms with Crippen LogP contribution in [0.4, 0.5) is 0 Å². The summed E-state index contributed by atoms with van der Waals surface area (Å²) in [5.41, 5.74) is -0.553. The van der Waals surface area contributed by atoms with Crippen LogP contribution in [0.15, 0.2) is 24.3 Å². The normalized spacial score (nSPS) is 19.7. The molecule has 0 bridgehead atoms. The maximum Gasteiger partial charge on any atom is 0.195 e. The van der Waals surface area contributed by atoms with Gasteiger partial charge in [-0.15, -0.1) is 0 Å². The lowest BCUT2D eigenvalue weighted by Gasteiger charge is -2.26. The number of Topliss-reactive ketones (excluding diaryl/α,β-unsaturated/α-hetero) is 1. The number of carbonyl (C=O) groups excluding carboxylic acids is 1. The smallest absolute Gasteiger partial charge is 0.195 e. The zero-order chi connectivity index (χ0) is 12.8. The molecular formula is C15H18O3. The fourth-order valence-electron chi connectivity index (χ4n) is 2.75. The number of ether oxygens (including phenoxy) is 1. The van der Waals surface area contributed by atoms with Gasteiger partial charge in [0, 0.05) is 5.56 Å². The third-order valence-electron chi connectivity index (χ3n) is 4.10. The van der Waals surface area contributed by atoms with E-state index >= 15 is 0 Å². The predicted octanol–water partition coefficient (Wildman–Crippen LogP) is 2.43. The van der Waals surface area contributed by atoms with Crippen LogP contribution in [0.5, 0.6) is 5.75 Å². The van der Waals surface area contributed by atoms with Crippen molar-refractivity contribution in [3.63, 3.8) is 0 Å². The van der Waals surface area contributed by atoms with Gasteiger partial charge in [-0.3, -0.25) is 4.79 Å². The van der Waals surface area contributed by atoms with Gasteiger partial charge in [0.25, 0.3) is 0 Å². The second-order valence-corrected chi connectivity index (χ2v) is 5.43. The van der Waals surface area contributed by atoms with Gasteiger partial charge in [-0.1, -0.05) is 12.1 Å². The van der Waals surface area contributed by atoms with Gasteiger partial charge in [-0.25, -0.2) is 0 Å². The number of benzene rings is 1. The molecule has 2 aliphatic carbocycles. The summed E-state index contributed by atoms with van der Waals surface area (Å²) >= 11 is 0. The van der Waals surface area contributed by atoms with E-state index in [2.05, 4.69) is 0 Å². The van der Waals surface area contributed by atoms with E-state index in [-0.39, 0.29) is 17.6 Å². The molecule has 0 aromatic heterocycles. The van der Waals surface area contributed by atoms with Gasteiger partial charge in [0.15, 0.2) is 5.78 Å². The summed E-state index contributed by atoms with van der Waals surface area (Å²) in [7, 11) is 1.58. The summed E-state index contributed by atoms with van der Waals surface area (Å²) in [6.45, 7) is 0. The first-order valence-corrected chi connectivity index (χ1v) is 6.57. The minimum absolute atomic E-state index is 0.119. The van der Waals surface area contributed by atoms with E-state index in [1.165, 1.54) is 0 Å². The maximum absolute atomic E-state index is 12.6. The Labute approximate surface area is 107 Å². The van der Waals surface area contributed by atoms with E-state index in [9.17, 15) is 9.90 Å². The summed E-state index contributed by atoms with van der Waals surface area (Å²) in [6, 6.07) is 7.09. The summed E-state index contributed by atoms with van der Waals surface area (Å²) in [6.07, 6.45) is 3.90. The lowest BCUT2D eigenvalue weighted by atomic mass is 9.84. The van der Waals surface area contributed by atoms with Gasteiger partial charge < -0.3 is 9.84 Å². The quantitative estimate of drug-likeness (QED) is 0.812. The van der Waals surface area contributed by atoms with Gasteiger partial charge >= 0.3 is 0 Å². The second-order valence-electron chi connectivity index (χ2n) is 5.43. The Bertz CT molecular complexity index is 460. The predicted molar refractivity (Wildman–Crippen MR) is 67.7 cm³/mol. The zero-order valence-electron chi connectivity index (χ0n) is 10.6. The number of carbonyl (C=O) groups is 1. The SMILES string of the molecule is COc1cccc(C(=O)C(O)(C2CC2)C2CC2)c1. The van der Waals surface area contributed by atoms with Gasteiger partial charge in [0.2, 0.25) is 0 Å². The van der Waals surface area contributed by atoms with Crippen molar-refractivity contribution < 1.29 is 14.6 Å². The average molecular weight is 246 g/mol. The average Bonchev–Trinajstić information content (AvgIpc) is 3.28. The summed E-state index contributed by atoms with van der Waals surface area (Å²) in [4.78, 5) is 12.6. The Morgan fingerprint density at radius 3 is 2.39 bits per heavy atom. The van der Waals surface area contributed by atoms with Gasteiger partial charge in [0.1, 0.15) is 11.4 Å². The van der Waals surface area contributed by atoms with Crippen molar-refractivity contribution >= 4 is 5.78 Å². The Balaban J connectivity index is 1.92. The number of ketones is 1. The molecule has 96 valence electrons. The lowest BCUT2D eigenvalue weighted by molar-refractivity contribution is 0.00631. The number of rotatable bonds is 5. The second kappa shape index (κ2) is 4.09. The molecule has 0 aliphatic heterocycles. The molecule has 0 heterocycles. The number of hydrogen-bond acceptors (Lipinski definition) is 3. The van der Waals surface area contributed by atoms with E-state index in [4.69, 9.17) is 4.74 Å². The molecule has 3 heteroatoms. The topological polar surface area (TPSA) is 46.5 Å². The molecule has 1 aromatic carbocycles. The monoisotopic (exact) mass is 246 g/mol. The first-order valence-electron chi connectivity index (χ1n) is 6.57. The lowest BCUT2D eigenvalue weighted by Crippen LogP contribution is -2.43. The standard InChI is InChI=1S/C15H18O3/c1-18-13-4-2-3-10(9-13)14(16)15(17,11-5-6-11)12-7-8-12/h2-4,9,11-12,17H,5-8H2,1H3. The van der Waals surface area contributed by atoms with Crippen LogP contribution >= 0.6 is 0 Å². The van der Waals surface area contributed by atoms with Crippen molar-refractivity contribution in [3.05, 3.63) is 29.8 Å². The molecule has 0 spiro atoms. The van der Waals surface area contributed by atoms with Gasteiger partial charge in [0.05, 0.1) is 7.11 Å². The number of hydrogen-bond donors (Lipinski definition) is 1. The highest BCUT2D eigenvalue weighted by Crippen LogP contribution is 2.53. The van der Waals surface area contributed by atoms with Crippen molar-refractivity contribution in [3.8, 4) is 5.75 Å². The Morgan fingerprint density at radius 2 is 1.89 bits per heavy atom. The minimum Gasteiger partial charge on any atom is -0.497 e. The summed E-state index contributed by atoms with van der Waals surface area (Å²) in [5.74, 6) is 0.883. The van der Waals surface area contributed by atoms with Gasteiger partial charge in [-0.05, 0) is 49.7 Å². The highest BCUT2D eigenvalue weighted by Gasteiger charge is 2.57. The first-order chi connectivity index (χ1) is 8.66. The summed E-state index contributed by atoms with van der Waals surface area (Å²) in [5, 5.41) is 10.8. The molecule has 1 aromatic rings. The molecule has 0 amide bonds. The molecule has 1 N–H and O–H groups in total. The molecule has 2 aliphatic rings. The molecular weight excluding hydrogens is 228 g/mol. The van der Waals surface area contributed by atoms with E-state index in [0.717, 1.165) is 25.7 Å². The molecule has 3 nitrogen and oxygen atoms in total. The molecule has 0 radical (unpaired) electrons. The molecule has 0 unspecified atom stereocenters. The van der Waals surface area contributed by atoms with Crippen LogP contribution in [-0.4, -0.2) is 23.6 Å². The van der Waals surface area contributed by atoms with E-state index in [1.54, 1.807) is 25.3 Å². The fourth-order valence-corrected chi connectivity index (χ4v) is 2.75. The van der Waals surface area contributed by atoms with Crippen LogP contribution in [0.1, 0.15) is 36.0 Å². The third-order valence-corrected chi connectivity index (χ3v) is 4.10. The van der Waals surface area contributed by atoms with E-state index < -0.39 is 5.60 Å². The third kappa shape index (κ3) is 1.83. The van der Waals surface area contributed by atoms with Gasteiger partial charge in [-0.2, -0.15) is 0 Å². The molecule has 2 saturated carbocycles. The van der Waals surface area contributed by atoms with E-state index in [0.29, 0.717) is 11.3 Å². The zero-order valence-corrected chi connectivity index (χ0v) is 10.6. The van der Waals surface area contributed by atoms with Crippen LogP contribution in [0.25, 0.3) is 0 Å². The fraction of sp³-hybridized carbons (Fsp3) is 0.533. The van der Waals surface area contributed by atoms with Crippen LogP contribution in [0.3, 0.4) is 0 Å². The summed E-state index contributed by atoms with van der Waals surface area (Å²) < 4.78 is 5.14. The minimum atomic E-state index is -1.12. The van der Waals surface area contributed by atoms with Crippen molar-refractivity contribution in [2.24, 2.45) is 11.8 Å². The molecule has 0 atom stereocenters. The van der Waals surface area contributed by atoms with Crippen LogP contribution < -0.4 is 4.74 Å². The van der Waals surface area contributed by atoms with Crippen molar-refractivity contribution in [2.75, 3.05) is 7.11 Å². The number of aliphatic hydroxyl groups is 1. The Hall–Kier alpha value is -1.35. The molecule has 18 heavy (non-hydrogen) atoms. The van der Waals surface area contributed by atoms with Crippen LogP contribution in [0, 0.1) is 11.8 Å². The van der Waals surface area contributed by atoms with Crippen molar-refractivity contribution in [1.82, 2.24) is 0 Å². The van der Waals surface area contributed by atoms with Crippen molar-refractivity contribution in [1.29, 1.82) is 0 Å². The molecule has 2 fully saturated rings. The highest BCUT2D eigenvalue weighted by molar-refractivity contribution is 6.03. The van der Waals surface area contributed by atoms with Crippen molar-refractivity contribution in [2.45, 2.75) is 31.3 Å². The van der Waals surface area contributed by atoms with E-state index in [1.807, 2.05) is 6.07 Å². The van der Waals surface area contributed by atoms with Crippen LogP contribution in [-0.2, 0) is 0 Å². The largest absolute Gasteiger partial charge is 0.497 e. The highest BCUT2D eigenvalue weighted by atomic mass is 16.5. The maximum atomic E-state index is 12.6. The molecule has 3 rings (SSSR count). The number of methoxy groups -OCH3 is 1. The first kappa shape index (κ1) is 11.7.